The van der Waals surface area contributed by atoms with Gasteiger partial charge in [0.05, 0.1) is 0 Å². The van der Waals surface area contributed by atoms with E-state index in [2.05, 4.69) is 0 Å². The average molecular weight is 156 g/mol. The van der Waals surface area contributed by atoms with Gasteiger partial charge in [-0.15, -0.1) is 0 Å². The second kappa shape index (κ2) is 19.3. The van der Waals surface area contributed by atoms with Crippen LogP contribution < -0.4 is 0 Å². The van der Waals surface area contributed by atoms with Crippen LogP contribution in [-0.2, 0) is 33.3 Å². The van der Waals surface area contributed by atoms with Crippen molar-refractivity contribution in [1.29, 1.82) is 0 Å². The van der Waals surface area contributed by atoms with Crippen molar-refractivity contribution in [2.75, 3.05) is 0 Å². The molecule has 1 radical (unpaired) electrons. The molecule has 27 valence electrons. The first kappa shape index (κ1) is 35.6. The normalized spacial score (nSPS) is 0. The van der Waals surface area contributed by atoms with Crippen molar-refractivity contribution in [3.05, 3.63) is 0 Å². The molecule has 0 aliphatic carbocycles. The van der Waals surface area contributed by atoms with Crippen LogP contribution in [0.3, 0.4) is 0 Å². The largest absolute Gasteiger partial charge is 0 e. The molecule has 0 aliphatic rings. The van der Waals surface area contributed by atoms with E-state index < -0.39 is 0 Å². The van der Waals surface area contributed by atoms with Crippen molar-refractivity contribution in [1.82, 2.24) is 0 Å². The smallest absolute Gasteiger partial charge is 0 e. The zero-order valence-electron chi connectivity index (χ0n) is 0.650. The Balaban J connectivity index is 0. The third kappa shape index (κ3) is 8.92. The molecule has 0 saturated carbocycles. The summed E-state index contributed by atoms with van der Waals surface area (Å²) in [6.07, 6.45) is 0. The Hall–Kier alpha value is 2.13. The first-order valence-electron chi connectivity index (χ1n) is 0. The topological polar surface area (TPSA) is 0 Å². The fourth-order valence-electron chi connectivity index (χ4n) is 0. The molecule has 0 fully saturated rings. The molecule has 0 amide bonds. The summed E-state index contributed by atoms with van der Waals surface area (Å²) < 4.78 is 0. The van der Waals surface area contributed by atoms with Crippen molar-refractivity contribution >= 4 is 36.2 Å². The van der Waals surface area contributed by atoms with Crippen LogP contribution in [0.5, 0.6) is 0 Å². The van der Waals surface area contributed by atoms with Crippen molar-refractivity contribution < 1.29 is 33.3 Å². The average Bonchev–Trinajstić information content (AvgIpc) is 0. The molecule has 0 rings (SSSR count). The van der Waals surface area contributed by atoms with Gasteiger partial charge in [-0.2, -0.15) is 0 Å². The van der Waals surface area contributed by atoms with Gasteiger partial charge in [-0.05, 0) is 0 Å². The first-order chi connectivity index (χ1) is 0. The molecule has 4 heavy (non-hydrogen) atoms. The maximum Gasteiger partial charge on any atom is 0 e. The molecule has 0 aromatic carbocycles. The zero-order valence-corrected chi connectivity index (χ0v) is 2.68. The van der Waals surface area contributed by atoms with E-state index in [1.54, 1.807) is 0 Å². The molecule has 0 N–H and O–H groups in total. The summed E-state index contributed by atoms with van der Waals surface area (Å²) in [7, 11) is 0. The Morgan fingerprint density at radius 2 is 1.00 bits per heavy atom. The predicted molar refractivity (Wildman–Crippen MR) is 17.1 cm³/mol. The summed E-state index contributed by atoms with van der Waals surface area (Å²) in [6, 6.07) is 0. The molecule has 0 heterocycles. The van der Waals surface area contributed by atoms with Crippen LogP contribution in [-0.4, -0.2) is 36.2 Å². The van der Waals surface area contributed by atoms with Gasteiger partial charge in [-0.3, -0.25) is 0 Å². The molecule has 0 aliphatic heterocycles. The Morgan fingerprint density at radius 1 is 1.00 bits per heavy atom. The molecule has 0 unspecified atom stereocenters. The standard InChI is InChI=1S/Al.Co.Li.Ni.4H. The van der Waals surface area contributed by atoms with Gasteiger partial charge in [0, 0.05) is 33.3 Å². The Labute approximate surface area is 68.9 Å². The van der Waals surface area contributed by atoms with Gasteiger partial charge < -0.3 is 0 Å². The zero-order chi connectivity index (χ0) is 0. The second-order valence-electron chi connectivity index (χ2n) is 0. The fraction of sp³-hybridized carbons (Fsp3) is 0. The van der Waals surface area contributed by atoms with E-state index in [0.29, 0.717) is 0 Å². The van der Waals surface area contributed by atoms with Crippen LogP contribution in [0, 0.1) is 0 Å². The quantitative estimate of drug-likeness (QED) is 0.361. The SMILES string of the molecule is [AlH3].[Co].[LiH].[Ni]. The van der Waals surface area contributed by atoms with Gasteiger partial charge in [0.1, 0.15) is 0 Å². The van der Waals surface area contributed by atoms with Gasteiger partial charge in [-0.1, -0.05) is 0 Å². The number of rotatable bonds is 0. The summed E-state index contributed by atoms with van der Waals surface area (Å²) in [6.45, 7) is 0. The predicted octanol–water partition coefficient (Wildman–Crippen LogP) is -1.84. The van der Waals surface area contributed by atoms with Gasteiger partial charge in [0.2, 0.25) is 0 Å². The molecule has 0 aromatic heterocycles. The van der Waals surface area contributed by atoms with E-state index in [1.807, 2.05) is 0 Å². The molecule has 0 saturated heterocycles. The van der Waals surface area contributed by atoms with Crippen LogP contribution in [0.15, 0.2) is 0 Å². The number of hydrogen-bond donors (Lipinski definition) is 0. The molecule has 0 bridgehead atoms. The summed E-state index contributed by atoms with van der Waals surface area (Å²) in [5, 5.41) is 0. The first-order valence-corrected chi connectivity index (χ1v) is 0. The van der Waals surface area contributed by atoms with E-state index in [9.17, 15) is 0 Å². The van der Waals surface area contributed by atoms with Crippen LogP contribution in [0.4, 0.5) is 0 Å². The van der Waals surface area contributed by atoms with Crippen molar-refractivity contribution in [3.8, 4) is 0 Å². The van der Waals surface area contributed by atoms with E-state index in [0.717, 1.165) is 0 Å². The van der Waals surface area contributed by atoms with E-state index in [1.165, 1.54) is 0 Å². The summed E-state index contributed by atoms with van der Waals surface area (Å²) in [4.78, 5) is 0. The summed E-state index contributed by atoms with van der Waals surface area (Å²) in [5.41, 5.74) is 0. The van der Waals surface area contributed by atoms with E-state index in [4.69, 9.17) is 0 Å². The Kier molecular flexibility index (Phi) is 171. The minimum atomic E-state index is 0. The Bertz CT molecular complexity index is 8.00. The molecular weight excluding hydrogens is 152 g/mol. The third-order valence-electron chi connectivity index (χ3n) is 0. The molecular formula is H4AlCoLiNi. The van der Waals surface area contributed by atoms with Crippen molar-refractivity contribution in [3.63, 3.8) is 0 Å². The fourth-order valence-corrected chi connectivity index (χ4v) is 0. The van der Waals surface area contributed by atoms with Gasteiger partial charge >= 0.3 is 18.9 Å². The van der Waals surface area contributed by atoms with Gasteiger partial charge in [0.15, 0.2) is 17.4 Å². The summed E-state index contributed by atoms with van der Waals surface area (Å²) in [5.74, 6) is 0. The minimum absolute atomic E-state index is 0. The molecule has 0 atom stereocenters. The molecule has 0 spiro atoms. The molecule has 4 heteroatoms. The Morgan fingerprint density at radius 3 is 1.00 bits per heavy atom. The van der Waals surface area contributed by atoms with Crippen LogP contribution in [0.25, 0.3) is 0 Å². The van der Waals surface area contributed by atoms with E-state index >= 15 is 0 Å². The third-order valence-corrected chi connectivity index (χ3v) is 0. The maximum absolute atomic E-state index is 0. The van der Waals surface area contributed by atoms with Crippen molar-refractivity contribution in [2.24, 2.45) is 0 Å². The summed E-state index contributed by atoms with van der Waals surface area (Å²) >= 11 is 0. The minimum Gasteiger partial charge on any atom is 0 e. The molecule has 0 aromatic rings. The van der Waals surface area contributed by atoms with Gasteiger partial charge in [0.25, 0.3) is 0 Å². The second-order valence-corrected chi connectivity index (χ2v) is 0. The monoisotopic (exact) mass is 155 g/mol. The van der Waals surface area contributed by atoms with Crippen molar-refractivity contribution in [2.45, 2.75) is 0 Å². The van der Waals surface area contributed by atoms with Crippen LogP contribution in [0.1, 0.15) is 0 Å². The molecule has 0 nitrogen and oxygen atoms in total. The van der Waals surface area contributed by atoms with Crippen LogP contribution >= 0.6 is 0 Å². The van der Waals surface area contributed by atoms with Crippen LogP contribution in [0.2, 0.25) is 0 Å². The maximum atomic E-state index is 0. The number of hydrogen-bond acceptors (Lipinski definition) is 0. The van der Waals surface area contributed by atoms with E-state index in [-0.39, 0.29) is 69.5 Å². The van der Waals surface area contributed by atoms with Gasteiger partial charge in [-0.25, -0.2) is 0 Å².